The quantitative estimate of drug-likeness (QED) is 0.847. The van der Waals surface area contributed by atoms with Crippen LogP contribution in [-0.4, -0.2) is 44.6 Å². The lowest BCUT2D eigenvalue weighted by Crippen LogP contribution is -2.24. The smallest absolute Gasteiger partial charge is 0.198 e. The Bertz CT molecular complexity index is 740. The summed E-state index contributed by atoms with van der Waals surface area (Å²) in [6.07, 6.45) is 1.09. The van der Waals surface area contributed by atoms with Crippen molar-refractivity contribution in [1.29, 1.82) is 0 Å². The number of likely N-dealkylation sites (tertiary alicyclic amines) is 1. The van der Waals surface area contributed by atoms with Crippen LogP contribution in [0.4, 0.5) is 0 Å². The first-order valence-corrected chi connectivity index (χ1v) is 8.13. The van der Waals surface area contributed by atoms with Crippen molar-refractivity contribution in [3.63, 3.8) is 0 Å². The molecule has 1 fully saturated rings. The largest absolute Gasteiger partial charge is 0.496 e. The van der Waals surface area contributed by atoms with Crippen molar-refractivity contribution in [3.8, 4) is 5.75 Å². The summed E-state index contributed by atoms with van der Waals surface area (Å²) in [5.74, 6) is 2.01. The maximum absolute atomic E-state index is 9.30. The molecule has 2 aromatic rings. The molecule has 1 aliphatic heterocycles. The van der Waals surface area contributed by atoms with Crippen molar-refractivity contribution >= 4 is 12.2 Å². The second-order valence-corrected chi connectivity index (χ2v) is 6.23. The van der Waals surface area contributed by atoms with Crippen LogP contribution in [0.15, 0.2) is 24.3 Å². The predicted octanol–water partition coefficient (Wildman–Crippen LogP) is 1.90. The van der Waals surface area contributed by atoms with E-state index in [4.69, 9.17) is 17.0 Å². The number of aliphatic hydroxyl groups excluding tert-OH is 1. The average Bonchev–Trinajstić information content (AvgIpc) is 3.15. The topological polar surface area (TPSA) is 55.4 Å². The van der Waals surface area contributed by atoms with Crippen molar-refractivity contribution in [2.75, 3.05) is 20.2 Å². The summed E-state index contributed by atoms with van der Waals surface area (Å²) >= 11 is 5.38. The zero-order chi connectivity index (χ0) is 16.4. The third kappa shape index (κ3) is 3.17. The van der Waals surface area contributed by atoms with E-state index >= 15 is 0 Å². The molecule has 1 N–H and O–H groups in total. The SMILES string of the molecule is COc1ccccc1C1CCN(Cn2nc(CO)n(C)c2=S)C1. The van der Waals surface area contributed by atoms with Gasteiger partial charge in [0.1, 0.15) is 12.4 Å². The fourth-order valence-corrected chi connectivity index (χ4v) is 3.37. The first kappa shape index (κ1) is 16.2. The molecule has 2 heterocycles. The number of aliphatic hydroxyl groups is 1. The zero-order valence-corrected chi connectivity index (χ0v) is 14.3. The predicted molar refractivity (Wildman–Crippen MR) is 89.9 cm³/mol. The van der Waals surface area contributed by atoms with Gasteiger partial charge >= 0.3 is 0 Å². The van der Waals surface area contributed by atoms with E-state index < -0.39 is 0 Å². The highest BCUT2D eigenvalue weighted by atomic mass is 32.1. The van der Waals surface area contributed by atoms with Crippen LogP contribution in [0, 0.1) is 4.77 Å². The molecular formula is C16H22N4O2S. The number of ether oxygens (including phenoxy) is 1. The lowest BCUT2D eigenvalue weighted by molar-refractivity contribution is 0.242. The van der Waals surface area contributed by atoms with Crippen molar-refractivity contribution in [2.24, 2.45) is 7.05 Å². The first-order chi connectivity index (χ1) is 11.1. The molecule has 0 saturated carbocycles. The maximum Gasteiger partial charge on any atom is 0.198 e. The molecule has 6 nitrogen and oxygen atoms in total. The first-order valence-electron chi connectivity index (χ1n) is 7.73. The van der Waals surface area contributed by atoms with Crippen LogP contribution in [0.3, 0.4) is 0 Å². The number of hydrogen-bond donors (Lipinski definition) is 1. The molecule has 1 aliphatic rings. The minimum absolute atomic E-state index is 0.100. The normalized spacial score (nSPS) is 18.5. The van der Waals surface area contributed by atoms with Crippen LogP contribution < -0.4 is 4.74 Å². The minimum atomic E-state index is -0.100. The van der Waals surface area contributed by atoms with E-state index in [-0.39, 0.29) is 6.61 Å². The number of rotatable bonds is 5. The van der Waals surface area contributed by atoms with E-state index in [1.165, 1.54) is 5.56 Å². The van der Waals surface area contributed by atoms with Gasteiger partial charge in [0.05, 0.1) is 13.8 Å². The summed E-state index contributed by atoms with van der Waals surface area (Å²) in [5, 5.41) is 13.7. The van der Waals surface area contributed by atoms with E-state index in [1.807, 2.05) is 19.2 Å². The van der Waals surface area contributed by atoms with Crippen LogP contribution in [0.1, 0.15) is 23.7 Å². The summed E-state index contributed by atoms with van der Waals surface area (Å²) in [5.41, 5.74) is 1.26. The number of aromatic nitrogens is 3. The van der Waals surface area contributed by atoms with Gasteiger partial charge in [0.15, 0.2) is 10.6 Å². The highest BCUT2D eigenvalue weighted by molar-refractivity contribution is 7.71. The van der Waals surface area contributed by atoms with Gasteiger partial charge in [0.25, 0.3) is 0 Å². The zero-order valence-electron chi connectivity index (χ0n) is 13.5. The fourth-order valence-electron chi connectivity index (χ4n) is 3.17. The lowest BCUT2D eigenvalue weighted by Gasteiger charge is -2.17. The third-order valence-corrected chi connectivity index (χ3v) is 4.94. The van der Waals surface area contributed by atoms with Gasteiger partial charge < -0.3 is 14.4 Å². The Balaban J connectivity index is 1.72. The monoisotopic (exact) mass is 334 g/mol. The Morgan fingerprint density at radius 2 is 2.17 bits per heavy atom. The molecular weight excluding hydrogens is 312 g/mol. The Morgan fingerprint density at radius 1 is 1.39 bits per heavy atom. The molecule has 0 radical (unpaired) electrons. The van der Waals surface area contributed by atoms with E-state index in [9.17, 15) is 5.11 Å². The molecule has 1 unspecified atom stereocenters. The molecule has 0 bridgehead atoms. The molecule has 1 aromatic carbocycles. The fraction of sp³-hybridized carbons (Fsp3) is 0.500. The molecule has 0 amide bonds. The van der Waals surface area contributed by atoms with E-state index in [0.717, 1.165) is 25.3 Å². The molecule has 23 heavy (non-hydrogen) atoms. The molecule has 0 spiro atoms. The minimum Gasteiger partial charge on any atom is -0.496 e. The number of hydrogen-bond acceptors (Lipinski definition) is 5. The summed E-state index contributed by atoms with van der Waals surface area (Å²) in [7, 11) is 3.55. The molecule has 124 valence electrons. The van der Waals surface area contributed by atoms with Crippen molar-refractivity contribution in [2.45, 2.75) is 25.6 Å². The van der Waals surface area contributed by atoms with Gasteiger partial charge in [-0.1, -0.05) is 18.2 Å². The van der Waals surface area contributed by atoms with Gasteiger partial charge in [0.2, 0.25) is 0 Å². The Kier molecular flexibility index (Phi) is 4.79. The number of benzene rings is 1. The maximum atomic E-state index is 9.30. The molecule has 0 aliphatic carbocycles. The Labute approximate surface area is 140 Å². The highest BCUT2D eigenvalue weighted by Crippen LogP contribution is 2.33. The van der Waals surface area contributed by atoms with Gasteiger partial charge in [-0.2, -0.15) is 5.10 Å². The van der Waals surface area contributed by atoms with Crippen LogP contribution in [0.5, 0.6) is 5.75 Å². The Hall–Kier alpha value is -1.70. The van der Waals surface area contributed by atoms with Crippen LogP contribution >= 0.6 is 12.2 Å². The summed E-state index contributed by atoms with van der Waals surface area (Å²) < 4.78 is 9.65. The van der Waals surface area contributed by atoms with Gasteiger partial charge in [-0.05, 0) is 30.3 Å². The van der Waals surface area contributed by atoms with E-state index in [0.29, 0.717) is 23.2 Å². The molecule has 1 aromatic heterocycles. The lowest BCUT2D eigenvalue weighted by atomic mass is 9.97. The van der Waals surface area contributed by atoms with Crippen LogP contribution in [0.2, 0.25) is 0 Å². The van der Waals surface area contributed by atoms with Crippen molar-refractivity contribution in [1.82, 2.24) is 19.2 Å². The summed E-state index contributed by atoms with van der Waals surface area (Å²) in [6.45, 7) is 2.50. The second kappa shape index (κ2) is 6.82. The number of para-hydroxylation sites is 1. The second-order valence-electron chi connectivity index (χ2n) is 5.86. The molecule has 1 atom stereocenters. The van der Waals surface area contributed by atoms with Crippen molar-refractivity contribution in [3.05, 3.63) is 40.4 Å². The molecule has 3 rings (SSSR count). The Morgan fingerprint density at radius 3 is 2.87 bits per heavy atom. The van der Waals surface area contributed by atoms with Gasteiger partial charge in [-0.3, -0.25) is 4.90 Å². The number of nitrogens with zero attached hydrogens (tertiary/aromatic N) is 4. The third-order valence-electron chi connectivity index (χ3n) is 4.46. The van der Waals surface area contributed by atoms with Crippen LogP contribution in [0.25, 0.3) is 0 Å². The summed E-state index contributed by atoms with van der Waals surface area (Å²) in [6, 6.07) is 8.21. The van der Waals surface area contributed by atoms with Gasteiger partial charge in [0, 0.05) is 26.1 Å². The average molecular weight is 334 g/mol. The van der Waals surface area contributed by atoms with Crippen molar-refractivity contribution < 1.29 is 9.84 Å². The van der Waals surface area contributed by atoms with Crippen LogP contribution in [-0.2, 0) is 20.3 Å². The summed E-state index contributed by atoms with van der Waals surface area (Å²) in [4.78, 5) is 2.33. The molecule has 1 saturated heterocycles. The van der Waals surface area contributed by atoms with E-state index in [1.54, 1.807) is 16.4 Å². The highest BCUT2D eigenvalue weighted by Gasteiger charge is 2.26. The van der Waals surface area contributed by atoms with Gasteiger partial charge in [-0.25, -0.2) is 4.68 Å². The number of methoxy groups -OCH3 is 1. The van der Waals surface area contributed by atoms with Gasteiger partial charge in [-0.15, -0.1) is 0 Å². The van der Waals surface area contributed by atoms with E-state index in [2.05, 4.69) is 22.1 Å². The standard InChI is InChI=1S/C16H22N4O2S/c1-18-15(10-21)17-20(16(18)23)11-19-8-7-12(9-19)13-5-3-4-6-14(13)22-2/h3-6,12,21H,7-11H2,1-2H3. The molecule has 7 heteroatoms.